The summed E-state index contributed by atoms with van der Waals surface area (Å²) in [6.45, 7) is 2.06. The third-order valence-corrected chi connectivity index (χ3v) is 6.15. The van der Waals surface area contributed by atoms with Crippen LogP contribution in [0.15, 0.2) is 116 Å². The quantitative estimate of drug-likeness (QED) is 0.269. The lowest BCUT2D eigenvalue weighted by molar-refractivity contribution is 1.24. The van der Waals surface area contributed by atoms with Gasteiger partial charge in [-0.1, -0.05) is 72.8 Å². The van der Waals surface area contributed by atoms with E-state index in [-0.39, 0.29) is 0 Å². The highest BCUT2D eigenvalue weighted by Crippen LogP contribution is 2.39. The molecule has 0 atom stereocenters. The van der Waals surface area contributed by atoms with Crippen LogP contribution in [0, 0.1) is 6.92 Å². The van der Waals surface area contributed by atoms with E-state index in [0.29, 0.717) is 0 Å². The predicted octanol–water partition coefficient (Wildman–Crippen LogP) is 8.09. The second-order valence-electron chi connectivity index (χ2n) is 8.43. The molecule has 2 heteroatoms. The van der Waals surface area contributed by atoms with Crippen LogP contribution in [0.1, 0.15) is 5.56 Å². The minimum absolute atomic E-state index is 0.931. The first-order valence-electron chi connectivity index (χ1n) is 11.2. The first kappa shape index (κ1) is 19.4. The van der Waals surface area contributed by atoms with Crippen LogP contribution >= 0.6 is 0 Å². The van der Waals surface area contributed by atoms with Gasteiger partial charge in [0.2, 0.25) is 0 Å². The van der Waals surface area contributed by atoms with E-state index in [1.54, 1.807) is 0 Å². The van der Waals surface area contributed by atoms with Crippen molar-refractivity contribution in [3.8, 4) is 33.6 Å². The second-order valence-corrected chi connectivity index (χ2v) is 8.43. The maximum absolute atomic E-state index is 5.13. The molecule has 0 saturated carbocycles. The molecule has 0 aliphatic rings. The smallest absolute Gasteiger partial charge is 0.0725 e. The predicted molar refractivity (Wildman–Crippen MR) is 138 cm³/mol. The fourth-order valence-corrected chi connectivity index (χ4v) is 4.58. The van der Waals surface area contributed by atoms with Crippen molar-refractivity contribution in [2.24, 2.45) is 0 Å². The Bertz CT molecular complexity index is 1620. The van der Waals surface area contributed by atoms with E-state index < -0.39 is 0 Å². The lowest BCUT2D eigenvalue weighted by atomic mass is 9.90. The van der Waals surface area contributed by atoms with Gasteiger partial charge in [-0.3, -0.25) is 4.98 Å². The second kappa shape index (κ2) is 7.99. The number of rotatable bonds is 3. The molecule has 0 unspecified atom stereocenters. The fraction of sp³-hybridized carbons (Fsp3) is 0.0323. The molecule has 2 aromatic heterocycles. The van der Waals surface area contributed by atoms with Crippen molar-refractivity contribution in [2.45, 2.75) is 6.92 Å². The minimum atomic E-state index is 0.931. The molecular weight excluding hydrogens is 400 g/mol. The van der Waals surface area contributed by atoms with Gasteiger partial charge >= 0.3 is 0 Å². The lowest BCUT2D eigenvalue weighted by Gasteiger charge is -2.15. The molecular formula is C31H22N2. The molecule has 0 fully saturated rings. The molecule has 0 aliphatic carbocycles. The third-order valence-electron chi connectivity index (χ3n) is 6.15. The zero-order valence-corrected chi connectivity index (χ0v) is 18.4. The average Bonchev–Trinajstić information content (AvgIpc) is 2.87. The Hall–Kier alpha value is -4.30. The molecule has 0 radical (unpaired) electrons. The monoisotopic (exact) mass is 422 g/mol. The summed E-state index contributed by atoms with van der Waals surface area (Å²) in [6, 6.07) is 36.5. The molecule has 4 aromatic carbocycles. The van der Waals surface area contributed by atoms with Crippen molar-refractivity contribution >= 4 is 21.5 Å². The first-order valence-corrected chi connectivity index (χ1v) is 11.2. The Morgan fingerprint density at radius 3 is 2.12 bits per heavy atom. The van der Waals surface area contributed by atoms with Crippen LogP contribution in [0.5, 0.6) is 0 Å². The molecule has 0 amide bonds. The zero-order chi connectivity index (χ0) is 22.2. The normalized spacial score (nSPS) is 11.2. The number of hydrogen-bond acceptors (Lipinski definition) is 2. The Labute approximate surface area is 193 Å². The minimum Gasteiger partial charge on any atom is -0.264 e. The number of hydrogen-bond donors (Lipinski definition) is 0. The van der Waals surface area contributed by atoms with Crippen LogP contribution in [0.25, 0.3) is 55.2 Å². The van der Waals surface area contributed by atoms with Crippen LogP contribution < -0.4 is 0 Å². The van der Waals surface area contributed by atoms with Crippen molar-refractivity contribution in [1.82, 2.24) is 9.97 Å². The summed E-state index contributed by atoms with van der Waals surface area (Å²) in [5, 5.41) is 4.90. The van der Waals surface area contributed by atoms with Crippen LogP contribution in [0.4, 0.5) is 0 Å². The Morgan fingerprint density at radius 2 is 1.30 bits per heavy atom. The maximum atomic E-state index is 5.13. The molecule has 0 N–H and O–H groups in total. The Kier molecular flexibility index (Phi) is 4.70. The number of benzene rings is 4. The van der Waals surface area contributed by atoms with Gasteiger partial charge in [0.25, 0.3) is 0 Å². The standard InChI is InChI=1S/C31H22N2/c1-21-16-26(20-32-19-21)29-12-7-13-30(33-29)31-27(22-8-3-2-4-9-22)15-14-25-17-23-10-5-6-11-24(23)18-28(25)31/h2-20H,1H3. The van der Waals surface area contributed by atoms with Crippen molar-refractivity contribution in [3.63, 3.8) is 0 Å². The van der Waals surface area contributed by atoms with Gasteiger partial charge in [0.1, 0.15) is 0 Å². The Morgan fingerprint density at radius 1 is 0.545 bits per heavy atom. The van der Waals surface area contributed by atoms with Gasteiger partial charge in [-0.2, -0.15) is 0 Å². The average molecular weight is 423 g/mol. The highest BCUT2D eigenvalue weighted by atomic mass is 14.7. The molecule has 2 nitrogen and oxygen atoms in total. The summed E-state index contributed by atoms with van der Waals surface area (Å²) in [4.78, 5) is 9.50. The van der Waals surface area contributed by atoms with Crippen molar-refractivity contribution < 1.29 is 0 Å². The molecule has 2 heterocycles. The number of aromatic nitrogens is 2. The summed E-state index contributed by atoms with van der Waals surface area (Å²) in [7, 11) is 0. The van der Waals surface area contributed by atoms with E-state index >= 15 is 0 Å². The topological polar surface area (TPSA) is 25.8 Å². The van der Waals surface area contributed by atoms with Crippen molar-refractivity contribution in [3.05, 3.63) is 121 Å². The molecule has 33 heavy (non-hydrogen) atoms. The Balaban J connectivity index is 1.66. The molecule has 6 aromatic rings. The van der Waals surface area contributed by atoms with Gasteiger partial charge in [0.05, 0.1) is 11.4 Å². The summed E-state index contributed by atoms with van der Waals surface area (Å²) in [6.07, 6.45) is 3.75. The van der Waals surface area contributed by atoms with Gasteiger partial charge < -0.3 is 0 Å². The summed E-state index contributed by atoms with van der Waals surface area (Å²) in [5.74, 6) is 0. The fourth-order valence-electron chi connectivity index (χ4n) is 4.58. The molecule has 6 rings (SSSR count). The van der Waals surface area contributed by atoms with Crippen LogP contribution in [-0.4, -0.2) is 9.97 Å². The van der Waals surface area contributed by atoms with Gasteiger partial charge in [-0.15, -0.1) is 0 Å². The van der Waals surface area contributed by atoms with E-state index in [4.69, 9.17) is 4.98 Å². The number of aryl methyl sites for hydroxylation is 1. The van der Waals surface area contributed by atoms with Gasteiger partial charge in [0.15, 0.2) is 0 Å². The summed E-state index contributed by atoms with van der Waals surface area (Å²) in [5.41, 5.74) is 7.59. The summed E-state index contributed by atoms with van der Waals surface area (Å²) < 4.78 is 0. The first-order chi connectivity index (χ1) is 16.3. The highest BCUT2D eigenvalue weighted by Gasteiger charge is 2.15. The number of fused-ring (bicyclic) bond motifs is 2. The maximum Gasteiger partial charge on any atom is 0.0725 e. The van der Waals surface area contributed by atoms with Crippen LogP contribution in [-0.2, 0) is 0 Å². The van der Waals surface area contributed by atoms with E-state index in [9.17, 15) is 0 Å². The zero-order valence-electron chi connectivity index (χ0n) is 18.4. The summed E-state index contributed by atoms with van der Waals surface area (Å²) >= 11 is 0. The lowest BCUT2D eigenvalue weighted by Crippen LogP contribution is -1.93. The van der Waals surface area contributed by atoms with Crippen LogP contribution in [0.3, 0.4) is 0 Å². The van der Waals surface area contributed by atoms with Crippen LogP contribution in [0.2, 0.25) is 0 Å². The van der Waals surface area contributed by atoms with Gasteiger partial charge in [-0.05, 0) is 75.5 Å². The molecule has 0 saturated heterocycles. The van der Waals surface area contributed by atoms with E-state index in [2.05, 4.69) is 115 Å². The van der Waals surface area contributed by atoms with Gasteiger partial charge in [-0.25, -0.2) is 4.98 Å². The SMILES string of the molecule is Cc1cncc(-c2cccc(-c3c(-c4ccccc4)ccc4cc5ccccc5cc34)n2)c1. The highest BCUT2D eigenvalue weighted by molar-refractivity contribution is 6.09. The number of nitrogens with zero attached hydrogens (tertiary/aromatic N) is 2. The van der Waals surface area contributed by atoms with E-state index in [1.165, 1.54) is 32.7 Å². The molecule has 0 aliphatic heterocycles. The number of pyridine rings is 2. The van der Waals surface area contributed by atoms with Crippen molar-refractivity contribution in [2.75, 3.05) is 0 Å². The molecule has 0 spiro atoms. The third kappa shape index (κ3) is 3.56. The van der Waals surface area contributed by atoms with E-state index in [1.807, 2.05) is 12.4 Å². The van der Waals surface area contributed by atoms with Crippen molar-refractivity contribution in [1.29, 1.82) is 0 Å². The molecule has 0 bridgehead atoms. The van der Waals surface area contributed by atoms with E-state index in [0.717, 1.165) is 28.1 Å². The largest absolute Gasteiger partial charge is 0.264 e. The molecule has 156 valence electrons. The van der Waals surface area contributed by atoms with Gasteiger partial charge in [0, 0.05) is 23.5 Å².